The van der Waals surface area contributed by atoms with Crippen LogP contribution in [0.15, 0.2) is 49.2 Å². The number of hydrogen-bond donors (Lipinski definition) is 3. The highest BCUT2D eigenvalue weighted by Crippen LogP contribution is 2.24. The average Bonchev–Trinajstić information content (AvgIpc) is 2.79. The van der Waals surface area contributed by atoms with Gasteiger partial charge in [-0.2, -0.15) is 0 Å². The monoisotopic (exact) mass is 406 g/mol. The second-order valence-electron chi connectivity index (χ2n) is 7.28. The molecule has 0 atom stereocenters. The molecule has 2 heterocycles. The Hall–Kier alpha value is -3.35. The lowest BCUT2D eigenvalue weighted by atomic mass is 10.1. The number of benzene rings is 1. The zero-order valence-electron chi connectivity index (χ0n) is 17.5. The number of amides is 1. The first-order valence-corrected chi connectivity index (χ1v) is 10.4. The zero-order chi connectivity index (χ0) is 21.3. The van der Waals surface area contributed by atoms with E-state index >= 15 is 0 Å². The topological polar surface area (TPSA) is 96.2 Å². The predicted octanol–water partition coefficient (Wildman–Crippen LogP) is 3.91. The molecule has 0 spiro atoms. The molecule has 0 saturated carbocycles. The third kappa shape index (κ3) is 5.59. The van der Waals surface area contributed by atoms with E-state index < -0.39 is 0 Å². The summed E-state index contributed by atoms with van der Waals surface area (Å²) in [6.45, 7) is 8.12. The first-order valence-electron chi connectivity index (χ1n) is 10.4. The molecule has 0 aliphatic carbocycles. The Labute approximate surface area is 178 Å². The van der Waals surface area contributed by atoms with Crippen molar-refractivity contribution in [1.82, 2.24) is 9.97 Å². The Morgan fingerprint density at radius 3 is 2.73 bits per heavy atom. The van der Waals surface area contributed by atoms with E-state index in [1.807, 2.05) is 37.3 Å². The molecule has 4 N–H and O–H groups in total. The number of hydrogen-bond acceptors (Lipinski definition) is 6. The molecule has 3 rings (SSSR count). The second-order valence-corrected chi connectivity index (χ2v) is 7.28. The van der Waals surface area contributed by atoms with Crippen molar-refractivity contribution in [3.63, 3.8) is 0 Å². The predicted molar refractivity (Wildman–Crippen MR) is 123 cm³/mol. The minimum absolute atomic E-state index is 0.229. The first kappa shape index (κ1) is 21.4. The van der Waals surface area contributed by atoms with Crippen molar-refractivity contribution < 1.29 is 4.79 Å². The molecule has 1 saturated heterocycles. The highest BCUT2D eigenvalue weighted by atomic mass is 16.1. The van der Waals surface area contributed by atoms with Crippen LogP contribution in [0.4, 0.5) is 17.3 Å². The maximum Gasteiger partial charge on any atom is 0.247 e. The summed E-state index contributed by atoms with van der Waals surface area (Å²) >= 11 is 0. The molecule has 7 nitrogen and oxygen atoms in total. The largest absolute Gasteiger partial charge is 0.404 e. The molecule has 1 aliphatic heterocycles. The minimum Gasteiger partial charge on any atom is -0.404 e. The third-order valence-electron chi connectivity index (χ3n) is 5.12. The molecule has 1 aromatic carbocycles. The number of carbonyl (C=O) groups is 1. The fourth-order valence-electron chi connectivity index (χ4n) is 3.45. The van der Waals surface area contributed by atoms with Crippen LogP contribution < -0.4 is 21.3 Å². The fourth-order valence-corrected chi connectivity index (χ4v) is 3.45. The van der Waals surface area contributed by atoms with E-state index in [0.717, 1.165) is 48.0 Å². The number of nitrogens with zero attached hydrogens (tertiary/aromatic N) is 3. The maximum atomic E-state index is 11.5. The molecule has 158 valence electrons. The van der Waals surface area contributed by atoms with E-state index in [9.17, 15) is 4.79 Å². The number of rotatable bonds is 8. The van der Waals surface area contributed by atoms with E-state index in [2.05, 4.69) is 27.1 Å². The first-order chi connectivity index (χ1) is 14.6. The van der Waals surface area contributed by atoms with Crippen LogP contribution in [-0.4, -0.2) is 29.0 Å². The van der Waals surface area contributed by atoms with Gasteiger partial charge in [0.05, 0.1) is 0 Å². The number of nitrogens with one attached hydrogen (secondary N) is 2. The van der Waals surface area contributed by atoms with Gasteiger partial charge in [-0.05, 0) is 49.5 Å². The van der Waals surface area contributed by atoms with Crippen LogP contribution in [0.3, 0.4) is 0 Å². The highest BCUT2D eigenvalue weighted by Gasteiger charge is 2.16. The van der Waals surface area contributed by atoms with Crippen LogP contribution in [0.2, 0.25) is 0 Å². The lowest BCUT2D eigenvalue weighted by molar-refractivity contribution is -0.111. The number of carbonyl (C=O) groups excluding carboxylic acids is 1. The summed E-state index contributed by atoms with van der Waals surface area (Å²) in [5, 5.41) is 6.18. The molecule has 0 radical (unpaired) electrons. The maximum absolute atomic E-state index is 11.5. The molecule has 2 aromatic rings. The molecular formula is C23H30N6O. The number of piperidine rings is 1. The van der Waals surface area contributed by atoms with Crippen LogP contribution >= 0.6 is 0 Å². The summed E-state index contributed by atoms with van der Waals surface area (Å²) in [6.07, 6.45) is 7.24. The van der Waals surface area contributed by atoms with Gasteiger partial charge in [0, 0.05) is 43.2 Å². The van der Waals surface area contributed by atoms with Crippen LogP contribution in [0.1, 0.15) is 44.0 Å². The number of nitrogens with two attached hydrogens (primary N) is 1. The molecule has 1 amide bonds. The smallest absolute Gasteiger partial charge is 0.247 e. The van der Waals surface area contributed by atoms with Crippen LogP contribution in [-0.2, 0) is 11.3 Å². The lowest BCUT2D eigenvalue weighted by Gasteiger charge is -2.28. The Morgan fingerprint density at radius 2 is 2.03 bits per heavy atom. The SMILES string of the molecule is C=CC(=O)Nc1cccc(CNc2cc(N3CCCCC3)nc(/C(=C\N)CC)n2)c1. The van der Waals surface area contributed by atoms with E-state index in [1.165, 1.54) is 25.3 Å². The molecule has 30 heavy (non-hydrogen) atoms. The highest BCUT2D eigenvalue weighted by molar-refractivity contribution is 5.98. The fraction of sp³-hybridized carbons (Fsp3) is 0.348. The van der Waals surface area contributed by atoms with Gasteiger partial charge >= 0.3 is 0 Å². The van der Waals surface area contributed by atoms with Crippen molar-refractivity contribution in [3.05, 3.63) is 60.6 Å². The van der Waals surface area contributed by atoms with Gasteiger partial charge in [0.15, 0.2) is 5.82 Å². The Kier molecular flexibility index (Phi) is 7.43. The normalized spacial score (nSPS) is 14.3. The molecule has 1 fully saturated rings. The minimum atomic E-state index is -0.229. The number of allylic oxidation sites excluding steroid dienone is 1. The van der Waals surface area contributed by atoms with E-state index in [0.29, 0.717) is 12.4 Å². The summed E-state index contributed by atoms with van der Waals surface area (Å²) in [4.78, 5) is 23.3. The zero-order valence-corrected chi connectivity index (χ0v) is 17.5. The van der Waals surface area contributed by atoms with Gasteiger partial charge in [-0.25, -0.2) is 9.97 Å². The van der Waals surface area contributed by atoms with Crippen LogP contribution in [0.5, 0.6) is 0 Å². The van der Waals surface area contributed by atoms with Crippen LogP contribution in [0.25, 0.3) is 5.57 Å². The molecule has 0 unspecified atom stereocenters. The quantitative estimate of drug-likeness (QED) is 0.575. The van der Waals surface area contributed by atoms with Gasteiger partial charge < -0.3 is 21.3 Å². The number of anilines is 3. The van der Waals surface area contributed by atoms with Crippen molar-refractivity contribution in [3.8, 4) is 0 Å². The summed E-state index contributed by atoms with van der Waals surface area (Å²) in [5.74, 6) is 2.13. The van der Waals surface area contributed by atoms with Crippen molar-refractivity contribution in [1.29, 1.82) is 0 Å². The molecule has 1 aromatic heterocycles. The summed E-state index contributed by atoms with van der Waals surface area (Å²) < 4.78 is 0. The van der Waals surface area contributed by atoms with Crippen molar-refractivity contribution in [2.24, 2.45) is 5.73 Å². The molecule has 1 aliphatic rings. The van der Waals surface area contributed by atoms with Gasteiger partial charge in [-0.1, -0.05) is 25.6 Å². The van der Waals surface area contributed by atoms with E-state index in [1.54, 1.807) is 6.20 Å². The van der Waals surface area contributed by atoms with Gasteiger partial charge in [0.1, 0.15) is 11.6 Å². The summed E-state index contributed by atoms with van der Waals surface area (Å²) in [6, 6.07) is 9.69. The molecule has 0 bridgehead atoms. The van der Waals surface area contributed by atoms with Crippen molar-refractivity contribution in [2.75, 3.05) is 28.6 Å². The van der Waals surface area contributed by atoms with Gasteiger partial charge in [0.2, 0.25) is 5.91 Å². The third-order valence-corrected chi connectivity index (χ3v) is 5.12. The van der Waals surface area contributed by atoms with E-state index in [4.69, 9.17) is 10.7 Å². The van der Waals surface area contributed by atoms with Gasteiger partial charge in [-0.3, -0.25) is 4.79 Å². The Balaban J connectivity index is 1.80. The van der Waals surface area contributed by atoms with Crippen LogP contribution in [0, 0.1) is 0 Å². The Bertz CT molecular complexity index is 918. The summed E-state index contributed by atoms with van der Waals surface area (Å²) in [5.41, 5.74) is 8.49. The van der Waals surface area contributed by atoms with Crippen molar-refractivity contribution >= 4 is 28.8 Å². The summed E-state index contributed by atoms with van der Waals surface area (Å²) in [7, 11) is 0. The Morgan fingerprint density at radius 1 is 1.23 bits per heavy atom. The molecular weight excluding hydrogens is 376 g/mol. The van der Waals surface area contributed by atoms with Crippen molar-refractivity contribution in [2.45, 2.75) is 39.2 Å². The van der Waals surface area contributed by atoms with Gasteiger partial charge in [0.25, 0.3) is 0 Å². The van der Waals surface area contributed by atoms with Gasteiger partial charge in [-0.15, -0.1) is 0 Å². The standard InChI is InChI=1S/C23H30N6O/c1-3-18(15-24)23-27-20(14-21(28-23)29-11-6-5-7-12-29)25-16-17-9-8-10-19(13-17)26-22(30)4-2/h4,8-10,13-15H,2-3,5-7,11-12,16,24H2,1H3,(H,26,30)(H,25,27,28)/b18-15-. The molecule has 7 heteroatoms. The average molecular weight is 407 g/mol. The van der Waals surface area contributed by atoms with E-state index in [-0.39, 0.29) is 5.91 Å². The second kappa shape index (κ2) is 10.4. The lowest BCUT2D eigenvalue weighted by Crippen LogP contribution is -2.30. The number of aromatic nitrogens is 2.